The highest BCUT2D eigenvalue weighted by molar-refractivity contribution is 8.13. The van der Waals surface area contributed by atoms with Crippen molar-refractivity contribution in [1.29, 1.82) is 0 Å². The number of rotatable bonds is 11. The van der Waals surface area contributed by atoms with E-state index in [0.29, 0.717) is 39.0 Å². The summed E-state index contributed by atoms with van der Waals surface area (Å²) in [5.41, 5.74) is 0.797. The quantitative estimate of drug-likeness (QED) is 0.101. The van der Waals surface area contributed by atoms with E-state index in [0.717, 1.165) is 37.0 Å². The first-order valence-electron chi connectivity index (χ1n) is 11.5. The van der Waals surface area contributed by atoms with E-state index in [4.69, 9.17) is 37.4 Å². The number of thioether (sulfide) groups is 1. The van der Waals surface area contributed by atoms with Crippen molar-refractivity contribution in [3.8, 4) is 17.2 Å². The van der Waals surface area contributed by atoms with E-state index >= 15 is 0 Å². The first-order valence-corrected chi connectivity index (χ1v) is 13.1. The summed E-state index contributed by atoms with van der Waals surface area (Å²) < 4.78 is 48.0. The minimum Gasteiger partial charge on any atom is -0.619 e. The normalized spacial score (nSPS) is 13.7. The molecule has 1 unspecified atom stereocenters. The number of carbonyl (C=O) groups is 1. The summed E-state index contributed by atoms with van der Waals surface area (Å²) in [4.78, 5) is 13.5. The highest BCUT2D eigenvalue weighted by Crippen LogP contribution is 2.39. The van der Waals surface area contributed by atoms with Gasteiger partial charge in [0.1, 0.15) is 21.9 Å². The lowest BCUT2D eigenvalue weighted by Gasteiger charge is -2.21. The number of carbonyl (C=O) groups excluding carboxylic acids is 1. The second-order valence-corrected chi connectivity index (χ2v) is 10.2. The van der Waals surface area contributed by atoms with E-state index in [1.165, 1.54) is 25.3 Å². The molecular formula is C26H23Cl2F2NO6S. The average molecular weight is 586 g/mol. The summed E-state index contributed by atoms with van der Waals surface area (Å²) in [7, 11) is 1.49. The van der Waals surface area contributed by atoms with Gasteiger partial charge in [-0.25, -0.2) is 4.79 Å². The number of pyridine rings is 1. The fourth-order valence-electron chi connectivity index (χ4n) is 3.59. The van der Waals surface area contributed by atoms with Gasteiger partial charge >= 0.3 is 11.9 Å². The minimum absolute atomic E-state index is 0.00610. The smallest absolute Gasteiger partial charge is 0.387 e. The summed E-state index contributed by atoms with van der Waals surface area (Å²) >= 11 is 13.4. The van der Waals surface area contributed by atoms with Gasteiger partial charge < -0.3 is 24.2 Å². The molecule has 0 N–H and O–H groups in total. The number of hydrogen-bond acceptors (Lipinski definition) is 7. The Hall–Kier alpha value is -2.95. The van der Waals surface area contributed by atoms with E-state index in [1.807, 2.05) is 0 Å². The maximum absolute atomic E-state index is 13.0. The molecule has 1 aliphatic rings. The first-order chi connectivity index (χ1) is 18.2. The number of methoxy groups -OCH3 is 1. The molecule has 1 aliphatic carbocycles. The van der Waals surface area contributed by atoms with Gasteiger partial charge in [-0.3, -0.25) is 0 Å². The van der Waals surface area contributed by atoms with Gasteiger partial charge in [0, 0.05) is 12.0 Å². The van der Waals surface area contributed by atoms with Gasteiger partial charge in [-0.2, -0.15) is 13.5 Å². The predicted molar refractivity (Wildman–Crippen MR) is 138 cm³/mol. The number of halogens is 4. The van der Waals surface area contributed by atoms with E-state index in [9.17, 15) is 18.8 Å². The molecule has 0 saturated heterocycles. The van der Waals surface area contributed by atoms with Crippen LogP contribution in [0, 0.1) is 11.1 Å². The molecule has 1 atom stereocenters. The minimum atomic E-state index is -3.05. The average Bonchev–Trinajstić information content (AvgIpc) is 3.69. The van der Waals surface area contributed by atoms with Gasteiger partial charge in [0.05, 0.1) is 18.6 Å². The second-order valence-electron chi connectivity index (χ2n) is 8.45. The number of nitrogens with zero attached hydrogens (tertiary/aromatic N) is 1. The van der Waals surface area contributed by atoms with E-state index < -0.39 is 18.0 Å². The molecule has 1 fully saturated rings. The molecule has 3 aromatic rings. The number of hydrogen-bond donors (Lipinski definition) is 0. The predicted octanol–water partition coefficient (Wildman–Crippen LogP) is 7.24. The van der Waals surface area contributed by atoms with Gasteiger partial charge in [-0.05, 0) is 60.4 Å². The maximum Gasteiger partial charge on any atom is 0.387 e. The molecule has 12 heteroatoms. The monoisotopic (exact) mass is 585 g/mol. The number of alkyl halides is 2. The van der Waals surface area contributed by atoms with E-state index in [2.05, 4.69) is 4.74 Å². The van der Waals surface area contributed by atoms with Crippen molar-refractivity contribution >= 4 is 40.3 Å². The molecule has 1 heterocycles. The lowest BCUT2D eigenvalue weighted by molar-refractivity contribution is -0.605. The van der Waals surface area contributed by atoms with Crippen molar-refractivity contribution in [2.45, 2.75) is 36.9 Å². The third-order valence-electron chi connectivity index (χ3n) is 5.68. The van der Waals surface area contributed by atoms with Crippen molar-refractivity contribution in [2.75, 3.05) is 13.7 Å². The molecule has 7 nitrogen and oxygen atoms in total. The molecule has 4 rings (SSSR count). The molecule has 0 bridgehead atoms. The number of benzene rings is 2. The van der Waals surface area contributed by atoms with Gasteiger partial charge in [-0.1, -0.05) is 41.4 Å². The molecule has 1 aromatic heterocycles. The topological polar surface area (TPSA) is 80.9 Å². The number of para-hydroxylation sites is 1. The lowest BCUT2D eigenvalue weighted by atomic mass is 10.0. The molecule has 0 aliphatic heterocycles. The Balaban J connectivity index is 1.65. The van der Waals surface area contributed by atoms with Crippen molar-refractivity contribution in [3.63, 3.8) is 0 Å². The Kier molecular flexibility index (Phi) is 9.40. The van der Waals surface area contributed by atoms with Crippen LogP contribution in [-0.2, 0) is 11.2 Å². The summed E-state index contributed by atoms with van der Waals surface area (Å²) in [6.07, 6.45) is 3.29. The van der Waals surface area contributed by atoms with Crippen LogP contribution in [0.15, 0.2) is 59.8 Å². The van der Waals surface area contributed by atoms with Crippen LogP contribution in [-0.4, -0.2) is 25.6 Å². The van der Waals surface area contributed by atoms with Crippen LogP contribution >= 0.6 is 35.0 Å². The van der Waals surface area contributed by atoms with Crippen LogP contribution in [0.2, 0.25) is 10.0 Å². The fourth-order valence-corrected chi connectivity index (χ4v) is 4.94. The van der Waals surface area contributed by atoms with E-state index in [1.54, 1.807) is 24.3 Å². The fraction of sp³-hybridized carbons (Fsp3) is 0.308. The standard InChI is InChI=1S/C26H23Cl2F2NO6S/c1-34-21-4-2-3-5-24(21)38-26(32)37-22(11-17-18(27)12-31(33)13-19(17)28)16-8-9-20(36-25(29)30)23(10-16)35-14-15-6-7-15/h2-5,8-10,12-13,15,22,25H,6-7,11,14H2,1H3. The third-order valence-corrected chi connectivity index (χ3v) is 7.15. The van der Waals surface area contributed by atoms with Gasteiger partial charge in [0.25, 0.3) is 0 Å². The molecule has 1 saturated carbocycles. The summed E-state index contributed by atoms with van der Waals surface area (Å²) in [5, 5.41) is 11.2. The van der Waals surface area contributed by atoms with E-state index in [-0.39, 0.29) is 28.0 Å². The molecule has 202 valence electrons. The van der Waals surface area contributed by atoms with Crippen LogP contribution in [0.3, 0.4) is 0 Å². The zero-order chi connectivity index (χ0) is 27.2. The summed E-state index contributed by atoms with van der Waals surface area (Å²) in [5.74, 6) is 0.797. The third kappa shape index (κ3) is 7.55. The summed E-state index contributed by atoms with van der Waals surface area (Å²) in [6.45, 7) is -2.70. The highest BCUT2D eigenvalue weighted by atomic mass is 35.5. The highest BCUT2D eigenvalue weighted by Gasteiger charge is 2.27. The molecule has 38 heavy (non-hydrogen) atoms. The zero-order valence-corrected chi connectivity index (χ0v) is 22.4. The van der Waals surface area contributed by atoms with Crippen LogP contribution in [0.25, 0.3) is 0 Å². The van der Waals surface area contributed by atoms with Crippen molar-refractivity contribution in [3.05, 3.63) is 81.2 Å². The second kappa shape index (κ2) is 12.7. The molecular weight excluding hydrogens is 563 g/mol. The Labute approximate surface area is 232 Å². The van der Waals surface area contributed by atoms with Crippen molar-refractivity contribution in [2.24, 2.45) is 5.92 Å². The lowest BCUT2D eigenvalue weighted by Crippen LogP contribution is -2.25. The summed E-state index contributed by atoms with van der Waals surface area (Å²) in [6, 6.07) is 11.2. The molecule has 0 radical (unpaired) electrons. The van der Waals surface area contributed by atoms with Crippen molar-refractivity contribution < 1.29 is 37.3 Å². The number of aromatic nitrogens is 1. The maximum atomic E-state index is 13.0. The van der Waals surface area contributed by atoms with Crippen LogP contribution in [0.4, 0.5) is 13.6 Å². The Morgan fingerprint density at radius 2 is 1.82 bits per heavy atom. The van der Waals surface area contributed by atoms with Gasteiger partial charge in [-0.15, -0.1) is 0 Å². The van der Waals surface area contributed by atoms with Gasteiger partial charge in [0.15, 0.2) is 23.9 Å². The van der Waals surface area contributed by atoms with Crippen molar-refractivity contribution in [1.82, 2.24) is 0 Å². The van der Waals surface area contributed by atoms with Crippen LogP contribution < -0.4 is 18.9 Å². The SMILES string of the molecule is COc1ccccc1SC(=O)OC(Cc1c(Cl)c[n+]([O-])cc1Cl)c1ccc(OC(F)F)c(OCC2CC2)c1. The van der Waals surface area contributed by atoms with Gasteiger partial charge in [0.2, 0.25) is 0 Å². The molecule has 0 spiro atoms. The molecule has 0 amide bonds. The Bertz CT molecular complexity index is 1270. The van der Waals surface area contributed by atoms with Crippen LogP contribution in [0.5, 0.6) is 17.2 Å². The Morgan fingerprint density at radius 3 is 2.47 bits per heavy atom. The largest absolute Gasteiger partial charge is 0.619 e. The first kappa shape index (κ1) is 28.1. The zero-order valence-electron chi connectivity index (χ0n) is 20.1. The number of ether oxygens (including phenoxy) is 4. The van der Waals surface area contributed by atoms with Crippen LogP contribution in [0.1, 0.15) is 30.1 Å². The Morgan fingerprint density at radius 1 is 1.11 bits per heavy atom. The molecule has 2 aromatic carbocycles.